The van der Waals surface area contributed by atoms with Crippen molar-refractivity contribution in [3.63, 3.8) is 0 Å². The van der Waals surface area contributed by atoms with Gasteiger partial charge < -0.3 is 10.1 Å². The smallest absolute Gasteiger partial charge is 0.220 e. The van der Waals surface area contributed by atoms with Crippen LogP contribution in [-0.2, 0) is 9.53 Å². The van der Waals surface area contributed by atoms with Crippen LogP contribution in [0.1, 0.15) is 51.4 Å². The Balaban J connectivity index is 1.47. The highest BCUT2D eigenvalue weighted by Crippen LogP contribution is 2.28. The zero-order valence-corrected chi connectivity index (χ0v) is 10.7. The van der Waals surface area contributed by atoms with Crippen LogP contribution in [-0.4, -0.2) is 25.7 Å². The average molecular weight is 239 g/mol. The summed E-state index contributed by atoms with van der Waals surface area (Å²) in [7, 11) is 0. The molecule has 0 bridgehead atoms. The summed E-state index contributed by atoms with van der Waals surface area (Å²) in [5.74, 6) is 1.62. The molecule has 2 fully saturated rings. The van der Waals surface area contributed by atoms with Gasteiger partial charge in [-0.2, -0.15) is 0 Å². The van der Waals surface area contributed by atoms with Gasteiger partial charge in [-0.15, -0.1) is 0 Å². The van der Waals surface area contributed by atoms with Gasteiger partial charge in [0.1, 0.15) is 0 Å². The van der Waals surface area contributed by atoms with E-state index < -0.39 is 0 Å². The van der Waals surface area contributed by atoms with Gasteiger partial charge in [-0.05, 0) is 31.1 Å². The molecule has 1 amide bonds. The van der Waals surface area contributed by atoms with E-state index in [1.165, 1.54) is 32.1 Å². The van der Waals surface area contributed by atoms with Gasteiger partial charge in [0.15, 0.2) is 0 Å². The van der Waals surface area contributed by atoms with Crippen molar-refractivity contribution in [2.75, 3.05) is 19.8 Å². The van der Waals surface area contributed by atoms with E-state index in [0.717, 1.165) is 38.5 Å². The van der Waals surface area contributed by atoms with Gasteiger partial charge >= 0.3 is 0 Å². The molecular weight excluding hydrogens is 214 g/mol. The van der Waals surface area contributed by atoms with Crippen LogP contribution in [0.2, 0.25) is 0 Å². The van der Waals surface area contributed by atoms with Gasteiger partial charge in [0.25, 0.3) is 0 Å². The fraction of sp³-hybridized carbons (Fsp3) is 0.929. The lowest BCUT2D eigenvalue weighted by Crippen LogP contribution is -2.26. The normalized spacial score (nSPS) is 25.3. The first-order valence-electron chi connectivity index (χ1n) is 7.19. The SMILES string of the molecule is O=C(C[C@H]1CCOC1)NCCCC1CCCC1. The van der Waals surface area contributed by atoms with E-state index in [1.54, 1.807) is 0 Å². The lowest BCUT2D eigenvalue weighted by molar-refractivity contribution is -0.122. The van der Waals surface area contributed by atoms with Crippen LogP contribution in [0.5, 0.6) is 0 Å². The standard InChI is InChI=1S/C14H25NO2/c16-14(10-13-7-9-17-11-13)15-8-3-6-12-4-1-2-5-12/h12-13H,1-11H2,(H,15,16)/t13-/m1/s1. The number of hydrogen-bond acceptors (Lipinski definition) is 2. The van der Waals surface area contributed by atoms with Crippen molar-refractivity contribution in [1.82, 2.24) is 5.32 Å². The largest absolute Gasteiger partial charge is 0.381 e. The molecule has 1 aliphatic heterocycles. The Bertz CT molecular complexity index is 230. The number of hydrogen-bond donors (Lipinski definition) is 1. The first-order chi connectivity index (χ1) is 8.34. The van der Waals surface area contributed by atoms with E-state index in [2.05, 4.69) is 5.32 Å². The quantitative estimate of drug-likeness (QED) is 0.723. The predicted molar refractivity (Wildman–Crippen MR) is 67.7 cm³/mol. The Kier molecular flexibility index (Phi) is 5.30. The molecule has 1 saturated carbocycles. The average Bonchev–Trinajstić information content (AvgIpc) is 2.96. The van der Waals surface area contributed by atoms with Crippen LogP contribution < -0.4 is 5.32 Å². The number of rotatable bonds is 6. The van der Waals surface area contributed by atoms with Crippen molar-refractivity contribution < 1.29 is 9.53 Å². The molecule has 2 aliphatic rings. The Labute approximate surface area is 104 Å². The minimum atomic E-state index is 0.215. The maximum atomic E-state index is 11.6. The lowest BCUT2D eigenvalue weighted by atomic mass is 10.0. The maximum absolute atomic E-state index is 11.6. The van der Waals surface area contributed by atoms with Gasteiger partial charge in [0.05, 0.1) is 0 Å². The molecule has 1 heterocycles. The molecule has 3 nitrogen and oxygen atoms in total. The highest BCUT2D eigenvalue weighted by Gasteiger charge is 2.19. The highest BCUT2D eigenvalue weighted by atomic mass is 16.5. The first kappa shape index (κ1) is 12.9. The number of carbonyl (C=O) groups is 1. The van der Waals surface area contributed by atoms with Crippen molar-refractivity contribution in [3.05, 3.63) is 0 Å². The van der Waals surface area contributed by atoms with E-state index in [9.17, 15) is 4.79 Å². The molecule has 1 N–H and O–H groups in total. The third-order valence-electron chi connectivity index (χ3n) is 4.08. The second-order valence-corrected chi connectivity index (χ2v) is 5.58. The molecule has 0 unspecified atom stereocenters. The summed E-state index contributed by atoms with van der Waals surface area (Å²) in [6, 6.07) is 0. The molecule has 3 heteroatoms. The fourth-order valence-electron chi connectivity index (χ4n) is 3.00. The monoisotopic (exact) mass is 239 g/mol. The minimum absolute atomic E-state index is 0.215. The summed E-state index contributed by atoms with van der Waals surface area (Å²) in [6.45, 7) is 2.47. The van der Waals surface area contributed by atoms with E-state index in [1.807, 2.05) is 0 Å². The third kappa shape index (κ3) is 4.66. The van der Waals surface area contributed by atoms with E-state index in [-0.39, 0.29) is 5.91 Å². The van der Waals surface area contributed by atoms with Crippen molar-refractivity contribution in [3.8, 4) is 0 Å². The maximum Gasteiger partial charge on any atom is 0.220 e. The topological polar surface area (TPSA) is 38.3 Å². The zero-order valence-electron chi connectivity index (χ0n) is 10.7. The van der Waals surface area contributed by atoms with Crippen LogP contribution in [0, 0.1) is 11.8 Å². The Morgan fingerprint density at radius 3 is 2.71 bits per heavy atom. The zero-order chi connectivity index (χ0) is 11.9. The van der Waals surface area contributed by atoms with Crippen LogP contribution in [0.3, 0.4) is 0 Å². The molecule has 1 saturated heterocycles. The Morgan fingerprint density at radius 1 is 1.18 bits per heavy atom. The van der Waals surface area contributed by atoms with Crippen molar-refractivity contribution >= 4 is 5.91 Å². The molecule has 0 spiro atoms. The molecular formula is C14H25NO2. The summed E-state index contributed by atoms with van der Waals surface area (Å²) < 4.78 is 5.27. The van der Waals surface area contributed by atoms with E-state index >= 15 is 0 Å². The van der Waals surface area contributed by atoms with Gasteiger partial charge in [-0.1, -0.05) is 25.7 Å². The molecule has 1 aliphatic carbocycles. The van der Waals surface area contributed by atoms with Gasteiger partial charge in [-0.25, -0.2) is 0 Å². The molecule has 2 rings (SSSR count). The molecule has 98 valence electrons. The molecule has 0 aromatic carbocycles. The van der Waals surface area contributed by atoms with Gasteiger partial charge in [0, 0.05) is 26.2 Å². The van der Waals surface area contributed by atoms with Crippen LogP contribution in [0.25, 0.3) is 0 Å². The second-order valence-electron chi connectivity index (χ2n) is 5.58. The molecule has 0 aromatic heterocycles. The van der Waals surface area contributed by atoms with Crippen LogP contribution in [0.15, 0.2) is 0 Å². The Hall–Kier alpha value is -0.570. The Morgan fingerprint density at radius 2 is 2.00 bits per heavy atom. The number of nitrogens with one attached hydrogen (secondary N) is 1. The lowest BCUT2D eigenvalue weighted by Gasteiger charge is -2.10. The number of ether oxygens (including phenoxy) is 1. The van der Waals surface area contributed by atoms with Crippen molar-refractivity contribution in [2.45, 2.75) is 51.4 Å². The summed E-state index contributed by atoms with van der Waals surface area (Å²) >= 11 is 0. The first-order valence-corrected chi connectivity index (χ1v) is 7.19. The van der Waals surface area contributed by atoms with Crippen LogP contribution in [0.4, 0.5) is 0 Å². The van der Waals surface area contributed by atoms with Crippen LogP contribution >= 0.6 is 0 Å². The molecule has 0 radical (unpaired) electrons. The van der Waals surface area contributed by atoms with Gasteiger partial charge in [0.2, 0.25) is 5.91 Å². The van der Waals surface area contributed by atoms with E-state index in [4.69, 9.17) is 4.74 Å². The minimum Gasteiger partial charge on any atom is -0.381 e. The summed E-state index contributed by atoms with van der Waals surface area (Å²) in [5, 5.41) is 3.04. The van der Waals surface area contributed by atoms with Gasteiger partial charge in [-0.3, -0.25) is 4.79 Å². The number of carbonyl (C=O) groups excluding carboxylic acids is 1. The summed E-state index contributed by atoms with van der Waals surface area (Å²) in [4.78, 5) is 11.6. The third-order valence-corrected chi connectivity index (χ3v) is 4.08. The number of amides is 1. The highest BCUT2D eigenvalue weighted by molar-refractivity contribution is 5.76. The summed E-state index contributed by atoms with van der Waals surface area (Å²) in [5.41, 5.74) is 0. The van der Waals surface area contributed by atoms with Crippen molar-refractivity contribution in [1.29, 1.82) is 0 Å². The second kappa shape index (κ2) is 7.00. The molecule has 17 heavy (non-hydrogen) atoms. The molecule has 0 aromatic rings. The van der Waals surface area contributed by atoms with Crippen molar-refractivity contribution in [2.24, 2.45) is 11.8 Å². The van der Waals surface area contributed by atoms with E-state index in [0.29, 0.717) is 12.3 Å². The predicted octanol–water partition coefficient (Wildman–Crippen LogP) is 2.50. The fourth-order valence-corrected chi connectivity index (χ4v) is 3.00. The summed E-state index contributed by atoms with van der Waals surface area (Å²) in [6.07, 6.45) is 9.81. The molecule has 1 atom stereocenters.